The lowest BCUT2D eigenvalue weighted by molar-refractivity contribution is 0.102. The molecule has 0 radical (unpaired) electrons. The molecule has 1 aliphatic heterocycles. The number of piperidine rings is 1. The van der Waals surface area contributed by atoms with Crippen molar-refractivity contribution in [1.82, 2.24) is 39.6 Å². The van der Waals surface area contributed by atoms with Crippen molar-refractivity contribution in [2.24, 2.45) is 7.05 Å². The van der Waals surface area contributed by atoms with Gasteiger partial charge >= 0.3 is 0 Å². The number of nitrogens with one attached hydrogen (secondary N) is 1. The molecule has 0 aliphatic carbocycles. The van der Waals surface area contributed by atoms with E-state index in [0.29, 0.717) is 11.9 Å². The van der Waals surface area contributed by atoms with Gasteiger partial charge in [0.2, 0.25) is 0 Å². The molecule has 1 aliphatic rings. The summed E-state index contributed by atoms with van der Waals surface area (Å²) in [5.74, 6) is 0.113. The minimum absolute atomic E-state index is 0.268. The zero-order chi connectivity index (χ0) is 22.9. The molecule has 10 heteroatoms. The second kappa shape index (κ2) is 8.70. The normalized spacial score (nSPS) is 15.4. The average Bonchev–Trinajstić information content (AvgIpc) is 3.48. The second-order valence-electron chi connectivity index (χ2n) is 8.79. The highest BCUT2D eigenvalue weighted by molar-refractivity contribution is 6.02. The molecule has 10 nitrogen and oxygen atoms in total. The van der Waals surface area contributed by atoms with E-state index in [0.717, 1.165) is 48.0 Å². The van der Waals surface area contributed by atoms with Gasteiger partial charge in [-0.2, -0.15) is 5.10 Å². The van der Waals surface area contributed by atoms with Crippen LogP contribution < -0.4 is 5.32 Å². The largest absolute Gasteiger partial charge is 0.305 e. The van der Waals surface area contributed by atoms with E-state index in [1.165, 1.54) is 0 Å². The molecule has 1 amide bonds. The fourth-order valence-electron chi connectivity index (χ4n) is 4.23. The summed E-state index contributed by atoms with van der Waals surface area (Å²) in [6.45, 7) is 6.49. The number of carbonyl (C=O) groups is 1. The number of carbonyl (C=O) groups excluding carboxylic acids is 1. The summed E-state index contributed by atoms with van der Waals surface area (Å²) in [4.78, 5) is 24.0. The van der Waals surface area contributed by atoms with E-state index in [1.807, 2.05) is 30.1 Å². The number of anilines is 1. The topological polar surface area (TPSA) is 107 Å². The molecule has 0 bridgehead atoms. The van der Waals surface area contributed by atoms with Crippen LogP contribution in [0.1, 0.15) is 43.2 Å². The van der Waals surface area contributed by atoms with Gasteiger partial charge in [-0.25, -0.2) is 9.67 Å². The van der Waals surface area contributed by atoms with Crippen LogP contribution >= 0.6 is 0 Å². The SMILES string of the molecule is CC(C)N1CCC(n2cc(C(=O)Nc3cc4cc(-c5cnn(C)c5)cnc4cn3)nn2)CC1. The fourth-order valence-corrected chi connectivity index (χ4v) is 4.23. The summed E-state index contributed by atoms with van der Waals surface area (Å²) in [6, 6.07) is 4.64. The van der Waals surface area contributed by atoms with Gasteiger partial charge in [-0.1, -0.05) is 5.21 Å². The van der Waals surface area contributed by atoms with Crippen LogP contribution in [-0.2, 0) is 7.05 Å². The van der Waals surface area contributed by atoms with Crippen molar-refractivity contribution in [1.29, 1.82) is 0 Å². The molecule has 0 saturated carbocycles. The van der Waals surface area contributed by atoms with Gasteiger partial charge in [-0.05, 0) is 38.8 Å². The van der Waals surface area contributed by atoms with E-state index in [1.54, 1.807) is 29.5 Å². The first-order valence-electron chi connectivity index (χ1n) is 11.2. The summed E-state index contributed by atoms with van der Waals surface area (Å²) in [5.41, 5.74) is 2.96. The number of hydrogen-bond donors (Lipinski definition) is 1. The number of fused-ring (bicyclic) bond motifs is 1. The molecule has 4 aromatic heterocycles. The van der Waals surface area contributed by atoms with Crippen molar-refractivity contribution in [2.75, 3.05) is 18.4 Å². The van der Waals surface area contributed by atoms with Crippen LogP contribution in [0.3, 0.4) is 0 Å². The van der Waals surface area contributed by atoms with Gasteiger partial charge in [0.1, 0.15) is 5.82 Å². The Morgan fingerprint density at radius 3 is 2.61 bits per heavy atom. The Hall–Kier alpha value is -3.66. The van der Waals surface area contributed by atoms with E-state index in [2.05, 4.69) is 49.4 Å². The number of pyridine rings is 2. The third kappa shape index (κ3) is 4.47. The first-order chi connectivity index (χ1) is 16.0. The van der Waals surface area contributed by atoms with Crippen molar-refractivity contribution in [3.05, 3.63) is 48.8 Å². The average molecular weight is 446 g/mol. The maximum atomic E-state index is 12.8. The lowest BCUT2D eigenvalue weighted by Gasteiger charge is -2.34. The van der Waals surface area contributed by atoms with Gasteiger partial charge in [0, 0.05) is 55.1 Å². The summed E-state index contributed by atoms with van der Waals surface area (Å²) in [5, 5.41) is 16.2. The van der Waals surface area contributed by atoms with Crippen LogP contribution in [0.15, 0.2) is 43.1 Å². The molecule has 4 aromatic rings. The maximum Gasteiger partial charge on any atom is 0.278 e. The molecular weight excluding hydrogens is 418 g/mol. The fraction of sp³-hybridized carbons (Fsp3) is 0.391. The minimum Gasteiger partial charge on any atom is -0.305 e. The number of amides is 1. The molecule has 0 atom stereocenters. The lowest BCUT2D eigenvalue weighted by atomic mass is 10.0. The van der Waals surface area contributed by atoms with Crippen LogP contribution in [0.5, 0.6) is 0 Å². The minimum atomic E-state index is -0.330. The monoisotopic (exact) mass is 445 g/mol. The molecule has 0 unspecified atom stereocenters. The summed E-state index contributed by atoms with van der Waals surface area (Å²) < 4.78 is 3.57. The van der Waals surface area contributed by atoms with Crippen LogP contribution in [-0.4, -0.2) is 64.7 Å². The molecule has 170 valence electrons. The third-order valence-electron chi connectivity index (χ3n) is 6.19. The van der Waals surface area contributed by atoms with Crippen molar-refractivity contribution >= 4 is 22.6 Å². The van der Waals surface area contributed by atoms with Gasteiger partial charge < -0.3 is 10.2 Å². The van der Waals surface area contributed by atoms with Crippen molar-refractivity contribution in [3.63, 3.8) is 0 Å². The Morgan fingerprint density at radius 2 is 1.88 bits per heavy atom. The number of rotatable bonds is 5. The lowest BCUT2D eigenvalue weighted by Crippen LogP contribution is -2.39. The second-order valence-corrected chi connectivity index (χ2v) is 8.79. The smallest absolute Gasteiger partial charge is 0.278 e. The molecule has 0 spiro atoms. The van der Waals surface area contributed by atoms with E-state index in [-0.39, 0.29) is 17.6 Å². The molecular formula is C23H27N9O. The first-order valence-corrected chi connectivity index (χ1v) is 11.2. The molecule has 33 heavy (non-hydrogen) atoms. The van der Waals surface area contributed by atoms with E-state index < -0.39 is 0 Å². The van der Waals surface area contributed by atoms with Crippen LogP contribution in [0, 0.1) is 0 Å². The van der Waals surface area contributed by atoms with E-state index in [4.69, 9.17) is 0 Å². The van der Waals surface area contributed by atoms with Gasteiger partial charge in [0.05, 0.1) is 30.1 Å². The maximum absolute atomic E-state index is 12.8. The predicted octanol–water partition coefficient (Wildman–Crippen LogP) is 2.92. The molecule has 5 heterocycles. The van der Waals surface area contributed by atoms with Crippen molar-refractivity contribution in [2.45, 2.75) is 38.8 Å². The zero-order valence-electron chi connectivity index (χ0n) is 19.0. The van der Waals surface area contributed by atoms with Gasteiger partial charge in [0.15, 0.2) is 5.69 Å². The van der Waals surface area contributed by atoms with Gasteiger partial charge in [0.25, 0.3) is 5.91 Å². The highest BCUT2D eigenvalue weighted by atomic mass is 16.2. The summed E-state index contributed by atoms with van der Waals surface area (Å²) in [7, 11) is 1.88. The Labute approximate surface area is 191 Å². The molecule has 0 aromatic carbocycles. The standard InChI is InChI=1S/C23H27N9O/c1-15(2)31-6-4-19(5-7-31)32-14-21(28-29-32)23(33)27-22-9-16-8-17(10-24-20(16)12-25-22)18-11-26-30(3)13-18/h8-15,19H,4-7H2,1-3H3,(H,25,27,33). The number of aromatic nitrogens is 7. The zero-order valence-corrected chi connectivity index (χ0v) is 19.0. The van der Waals surface area contributed by atoms with Crippen LogP contribution in [0.4, 0.5) is 5.82 Å². The molecule has 1 saturated heterocycles. The highest BCUT2D eigenvalue weighted by Gasteiger charge is 2.24. The number of nitrogens with zero attached hydrogens (tertiary/aromatic N) is 8. The Bertz CT molecular complexity index is 1280. The first kappa shape index (κ1) is 21.2. The summed E-state index contributed by atoms with van der Waals surface area (Å²) in [6.07, 6.45) is 10.9. The van der Waals surface area contributed by atoms with Gasteiger partial charge in [-0.3, -0.25) is 14.5 Å². The van der Waals surface area contributed by atoms with E-state index >= 15 is 0 Å². The quantitative estimate of drug-likeness (QED) is 0.503. The third-order valence-corrected chi connectivity index (χ3v) is 6.19. The summed E-state index contributed by atoms with van der Waals surface area (Å²) >= 11 is 0. The van der Waals surface area contributed by atoms with Crippen molar-refractivity contribution in [3.8, 4) is 11.1 Å². The predicted molar refractivity (Wildman–Crippen MR) is 125 cm³/mol. The molecule has 5 rings (SSSR count). The van der Waals surface area contributed by atoms with E-state index in [9.17, 15) is 4.79 Å². The van der Waals surface area contributed by atoms with Crippen LogP contribution in [0.2, 0.25) is 0 Å². The highest BCUT2D eigenvalue weighted by Crippen LogP contribution is 2.24. The number of likely N-dealkylation sites (tertiary alicyclic amines) is 1. The molecule has 1 fully saturated rings. The van der Waals surface area contributed by atoms with Crippen LogP contribution in [0.25, 0.3) is 22.0 Å². The Morgan fingerprint density at radius 1 is 1.06 bits per heavy atom. The van der Waals surface area contributed by atoms with Gasteiger partial charge in [-0.15, -0.1) is 5.10 Å². The number of hydrogen-bond acceptors (Lipinski definition) is 7. The Balaban J connectivity index is 1.29. The number of aryl methyl sites for hydroxylation is 1. The van der Waals surface area contributed by atoms with Crippen molar-refractivity contribution < 1.29 is 4.79 Å². The molecule has 1 N–H and O–H groups in total. The Kier molecular flexibility index (Phi) is 5.59.